The van der Waals surface area contributed by atoms with Crippen LogP contribution in [-0.4, -0.2) is 0 Å². The van der Waals surface area contributed by atoms with E-state index in [1.165, 1.54) is 23.9 Å². The molecule has 0 aliphatic rings. The van der Waals surface area contributed by atoms with Gasteiger partial charge in [0.25, 0.3) is 0 Å². The van der Waals surface area contributed by atoms with Gasteiger partial charge in [-0.2, -0.15) is 0 Å². The number of hydrogen-bond donors (Lipinski definition) is 0. The predicted molar refractivity (Wildman–Crippen MR) is 48.8 cm³/mol. The molecule has 0 saturated heterocycles. The van der Waals surface area contributed by atoms with Gasteiger partial charge in [0, 0.05) is 0 Å². The van der Waals surface area contributed by atoms with E-state index in [0.717, 1.165) is 4.51 Å². The molecule has 0 radical (unpaired) electrons. The van der Waals surface area contributed by atoms with E-state index in [4.69, 9.17) is 0 Å². The van der Waals surface area contributed by atoms with Gasteiger partial charge in [-0.3, -0.25) is 0 Å². The molecule has 59 valence electrons. The average molecular weight is 211 g/mol. The monoisotopic (exact) mass is 209 g/mol. The molecule has 0 fully saturated rings. The molecule has 0 N–H and O–H groups in total. The Morgan fingerprint density at radius 1 is 1.33 bits per heavy atom. The SMILES string of the molecule is C=CC(c1ccccc1)[CH](C)[Zn]. The summed E-state index contributed by atoms with van der Waals surface area (Å²) >= 11 is 1.32. The molecule has 1 aromatic rings. The normalized spacial score (nSPS) is 15.2. The van der Waals surface area contributed by atoms with Gasteiger partial charge >= 0.3 is 84.2 Å². The summed E-state index contributed by atoms with van der Waals surface area (Å²) in [7, 11) is 0. The van der Waals surface area contributed by atoms with E-state index in [0.29, 0.717) is 5.92 Å². The van der Waals surface area contributed by atoms with Crippen LogP contribution in [-0.2, 0) is 18.3 Å². The van der Waals surface area contributed by atoms with Crippen LogP contribution in [0.4, 0.5) is 0 Å². The Kier molecular flexibility index (Phi) is 3.68. The topological polar surface area (TPSA) is 0 Å². The van der Waals surface area contributed by atoms with E-state index >= 15 is 0 Å². The summed E-state index contributed by atoms with van der Waals surface area (Å²) in [5, 5.41) is 0. The molecule has 0 spiro atoms. The van der Waals surface area contributed by atoms with E-state index in [2.05, 4.69) is 49.9 Å². The summed E-state index contributed by atoms with van der Waals surface area (Å²) in [5.41, 5.74) is 1.39. The van der Waals surface area contributed by atoms with Crippen molar-refractivity contribution in [2.75, 3.05) is 0 Å². The number of benzene rings is 1. The van der Waals surface area contributed by atoms with E-state index < -0.39 is 0 Å². The summed E-state index contributed by atoms with van der Waals surface area (Å²) in [6, 6.07) is 10.6. The number of allylic oxidation sites excluding steroid dienone is 1. The Morgan fingerprint density at radius 3 is 2.33 bits per heavy atom. The molecule has 0 aliphatic heterocycles. The van der Waals surface area contributed by atoms with Crippen LogP contribution in [0.5, 0.6) is 0 Å². The van der Waals surface area contributed by atoms with Crippen molar-refractivity contribution < 1.29 is 18.3 Å². The fourth-order valence-electron chi connectivity index (χ4n) is 1.37. The molecule has 0 saturated carbocycles. The van der Waals surface area contributed by atoms with E-state index in [-0.39, 0.29) is 0 Å². The van der Waals surface area contributed by atoms with Crippen molar-refractivity contribution in [2.24, 2.45) is 0 Å². The molecule has 0 bridgehead atoms. The Balaban J connectivity index is 2.88. The Bertz CT molecular complexity index is 238. The van der Waals surface area contributed by atoms with Gasteiger partial charge in [-0.25, -0.2) is 0 Å². The predicted octanol–water partition coefficient (Wildman–Crippen LogP) is 3.31. The summed E-state index contributed by atoms with van der Waals surface area (Å²) < 4.78 is 0.755. The summed E-state index contributed by atoms with van der Waals surface area (Å²) in [6.45, 7) is 6.16. The molecule has 1 aromatic carbocycles. The minimum absolute atomic E-state index is 0.547. The van der Waals surface area contributed by atoms with Crippen LogP contribution < -0.4 is 0 Å². The van der Waals surface area contributed by atoms with E-state index in [9.17, 15) is 0 Å². The van der Waals surface area contributed by atoms with E-state index in [1.807, 2.05) is 0 Å². The first-order valence-electron chi connectivity index (χ1n) is 4.26. The van der Waals surface area contributed by atoms with Crippen LogP contribution >= 0.6 is 0 Å². The summed E-state index contributed by atoms with van der Waals surface area (Å²) in [5.74, 6) is 0.547. The first kappa shape index (κ1) is 9.67. The van der Waals surface area contributed by atoms with E-state index in [1.54, 1.807) is 0 Å². The minimum atomic E-state index is 0.547. The Labute approximate surface area is 84.4 Å². The molecule has 1 rings (SSSR count). The van der Waals surface area contributed by atoms with Gasteiger partial charge in [0.15, 0.2) is 0 Å². The van der Waals surface area contributed by atoms with Crippen molar-refractivity contribution in [3.8, 4) is 0 Å². The molecule has 0 aliphatic carbocycles. The molecular weight excluding hydrogens is 198 g/mol. The van der Waals surface area contributed by atoms with Crippen molar-refractivity contribution in [1.82, 2.24) is 0 Å². The second-order valence-corrected chi connectivity index (χ2v) is 5.85. The molecule has 0 nitrogen and oxygen atoms in total. The molecule has 2 unspecified atom stereocenters. The maximum absolute atomic E-state index is 3.88. The fraction of sp³-hybridized carbons (Fsp3) is 0.273. The van der Waals surface area contributed by atoms with Gasteiger partial charge in [-0.15, -0.1) is 0 Å². The van der Waals surface area contributed by atoms with Crippen LogP contribution in [0.15, 0.2) is 43.0 Å². The average Bonchev–Trinajstić information content (AvgIpc) is 2.07. The van der Waals surface area contributed by atoms with Crippen molar-refractivity contribution in [1.29, 1.82) is 0 Å². The molecule has 0 heterocycles. The van der Waals surface area contributed by atoms with Gasteiger partial charge in [-0.05, 0) is 0 Å². The molecule has 2 atom stereocenters. The second-order valence-electron chi connectivity index (χ2n) is 3.15. The number of hydrogen-bond acceptors (Lipinski definition) is 0. The van der Waals surface area contributed by atoms with Crippen LogP contribution in [0.3, 0.4) is 0 Å². The van der Waals surface area contributed by atoms with Crippen LogP contribution in [0.25, 0.3) is 0 Å². The third kappa shape index (κ3) is 2.28. The van der Waals surface area contributed by atoms with Gasteiger partial charge in [0.1, 0.15) is 0 Å². The zero-order valence-electron chi connectivity index (χ0n) is 7.53. The van der Waals surface area contributed by atoms with Gasteiger partial charge in [0.2, 0.25) is 0 Å². The van der Waals surface area contributed by atoms with Gasteiger partial charge in [-0.1, -0.05) is 0 Å². The Morgan fingerprint density at radius 2 is 1.92 bits per heavy atom. The molecule has 0 aromatic heterocycles. The third-order valence-corrected chi connectivity index (χ3v) is 3.12. The maximum atomic E-state index is 3.88. The number of rotatable bonds is 3. The zero-order chi connectivity index (χ0) is 8.97. The molecule has 12 heavy (non-hydrogen) atoms. The summed E-state index contributed by atoms with van der Waals surface area (Å²) in [4.78, 5) is 0. The zero-order valence-corrected chi connectivity index (χ0v) is 10.5. The van der Waals surface area contributed by atoms with Gasteiger partial charge < -0.3 is 0 Å². The first-order valence-corrected chi connectivity index (χ1v) is 5.97. The van der Waals surface area contributed by atoms with Crippen molar-refractivity contribution in [3.63, 3.8) is 0 Å². The molecule has 1 heteroatoms. The molecule has 0 amide bonds. The fourth-order valence-corrected chi connectivity index (χ4v) is 2.35. The summed E-state index contributed by atoms with van der Waals surface area (Å²) in [6.07, 6.45) is 2.06. The van der Waals surface area contributed by atoms with Crippen molar-refractivity contribution >= 4 is 0 Å². The quantitative estimate of drug-likeness (QED) is 0.530. The van der Waals surface area contributed by atoms with Crippen molar-refractivity contribution in [3.05, 3.63) is 48.6 Å². The van der Waals surface area contributed by atoms with Gasteiger partial charge in [0.05, 0.1) is 0 Å². The standard InChI is InChI=1S/C11H13.Zn/c1-3-10(4-2)11-8-6-5-7-9-11;/h3-10H,1H2,2H3;. The van der Waals surface area contributed by atoms with Crippen LogP contribution in [0.1, 0.15) is 18.4 Å². The van der Waals surface area contributed by atoms with Crippen LogP contribution in [0, 0.1) is 0 Å². The first-order chi connectivity index (χ1) is 5.75. The van der Waals surface area contributed by atoms with Crippen molar-refractivity contribution in [2.45, 2.75) is 17.4 Å². The Hall–Kier alpha value is -0.417. The second kappa shape index (κ2) is 4.57. The third-order valence-electron chi connectivity index (χ3n) is 2.05. The van der Waals surface area contributed by atoms with Crippen LogP contribution in [0.2, 0.25) is 4.51 Å². The molecular formula is C11H13Zn.